The zero-order valence-corrected chi connectivity index (χ0v) is 15.3. The number of hydrogen-bond donors (Lipinski definition) is 2. The van der Waals surface area contributed by atoms with Gasteiger partial charge < -0.3 is 11.5 Å². The van der Waals surface area contributed by atoms with Crippen LogP contribution in [-0.2, 0) is 11.0 Å². The van der Waals surface area contributed by atoms with Crippen molar-refractivity contribution in [2.24, 2.45) is 5.73 Å². The molecular weight excluding hydrogens is 401 g/mol. The highest BCUT2D eigenvalue weighted by Gasteiger charge is 2.35. The molecule has 154 valence electrons. The number of primary amides is 1. The monoisotopic (exact) mass is 416 g/mol. The van der Waals surface area contributed by atoms with Gasteiger partial charge >= 0.3 is 6.18 Å². The van der Waals surface area contributed by atoms with E-state index in [9.17, 15) is 18.0 Å². The summed E-state index contributed by atoms with van der Waals surface area (Å²) in [6, 6.07) is 2.46. The third kappa shape index (κ3) is 4.11. The predicted octanol–water partition coefficient (Wildman–Crippen LogP) is 2.09. The minimum atomic E-state index is -4.59. The maximum Gasteiger partial charge on any atom is 0.433 e. The molecule has 0 aliphatic heterocycles. The lowest BCUT2D eigenvalue weighted by molar-refractivity contribution is -0.141. The lowest BCUT2D eigenvalue weighted by Gasteiger charge is -2.09. The van der Waals surface area contributed by atoms with Gasteiger partial charge in [-0.25, -0.2) is 24.6 Å². The van der Waals surface area contributed by atoms with Crippen molar-refractivity contribution < 1.29 is 18.0 Å². The molecule has 4 N–H and O–H groups in total. The topological polar surface area (TPSA) is 138 Å². The number of aromatic nitrogens is 6. The molecule has 1 saturated carbocycles. The Bertz CT molecular complexity index is 1130. The van der Waals surface area contributed by atoms with Crippen molar-refractivity contribution in [3.05, 3.63) is 47.8 Å². The highest BCUT2D eigenvalue weighted by molar-refractivity contribution is 6.22. The van der Waals surface area contributed by atoms with Crippen LogP contribution in [0.15, 0.2) is 30.9 Å². The van der Waals surface area contributed by atoms with Crippen LogP contribution in [0.5, 0.6) is 0 Å². The third-order valence-electron chi connectivity index (χ3n) is 4.41. The van der Waals surface area contributed by atoms with E-state index in [2.05, 4.69) is 25.0 Å². The minimum Gasteiger partial charge on any atom is -0.368 e. The SMILES string of the molecule is NC(=O)/C(=C/n1cnc(-c2cc(C3CC3)nc(C(F)(F)F)c2)n1)c1cnc(N)nc1. The van der Waals surface area contributed by atoms with Crippen molar-refractivity contribution in [2.75, 3.05) is 5.73 Å². The summed E-state index contributed by atoms with van der Waals surface area (Å²) >= 11 is 0. The van der Waals surface area contributed by atoms with Gasteiger partial charge in [-0.1, -0.05) is 0 Å². The van der Waals surface area contributed by atoms with Crippen molar-refractivity contribution >= 4 is 23.6 Å². The van der Waals surface area contributed by atoms with Gasteiger partial charge in [-0.15, -0.1) is 5.10 Å². The van der Waals surface area contributed by atoms with E-state index in [0.29, 0.717) is 11.3 Å². The number of carbonyl (C=O) groups is 1. The lowest BCUT2D eigenvalue weighted by atomic mass is 10.1. The van der Waals surface area contributed by atoms with Gasteiger partial charge in [0, 0.05) is 41.3 Å². The molecule has 0 unspecified atom stereocenters. The summed E-state index contributed by atoms with van der Waals surface area (Å²) in [5, 5.41) is 4.15. The smallest absolute Gasteiger partial charge is 0.368 e. The van der Waals surface area contributed by atoms with Crippen LogP contribution in [0.2, 0.25) is 0 Å². The van der Waals surface area contributed by atoms with Gasteiger partial charge in [0.15, 0.2) is 5.82 Å². The number of rotatable bonds is 5. The Balaban J connectivity index is 1.71. The quantitative estimate of drug-likeness (QED) is 0.607. The fraction of sp³-hybridized carbons (Fsp3) is 0.222. The summed E-state index contributed by atoms with van der Waals surface area (Å²) in [6.45, 7) is 0. The maximum atomic E-state index is 13.2. The standard InChI is InChI=1S/C18H15F3N8O/c19-18(20,21)14-4-10(3-13(27-14)9-1-2-9)16-26-8-29(28-16)7-12(15(22)30)11-5-24-17(23)25-6-11/h3-9H,1-2H2,(H2,22,30)(H2,23,24,25)/b12-7+. The Labute approximate surface area is 167 Å². The molecule has 1 fully saturated rings. The summed E-state index contributed by atoms with van der Waals surface area (Å²) in [7, 11) is 0. The van der Waals surface area contributed by atoms with E-state index in [4.69, 9.17) is 11.5 Å². The summed E-state index contributed by atoms with van der Waals surface area (Å²) in [5.74, 6) is -0.687. The van der Waals surface area contributed by atoms with Crippen LogP contribution < -0.4 is 11.5 Å². The van der Waals surface area contributed by atoms with Crippen molar-refractivity contribution in [1.29, 1.82) is 0 Å². The number of nitrogens with two attached hydrogens (primary N) is 2. The first-order chi connectivity index (χ1) is 14.2. The van der Waals surface area contributed by atoms with Crippen LogP contribution in [0.25, 0.3) is 23.2 Å². The summed E-state index contributed by atoms with van der Waals surface area (Å²) < 4.78 is 40.9. The largest absolute Gasteiger partial charge is 0.433 e. The highest BCUT2D eigenvalue weighted by Crippen LogP contribution is 2.41. The van der Waals surface area contributed by atoms with Crippen LogP contribution in [0.4, 0.5) is 19.1 Å². The Morgan fingerprint density at radius 2 is 1.87 bits per heavy atom. The van der Waals surface area contributed by atoms with Crippen LogP contribution in [0.1, 0.15) is 35.7 Å². The first-order valence-electron chi connectivity index (χ1n) is 8.81. The van der Waals surface area contributed by atoms with Gasteiger partial charge in [-0.2, -0.15) is 13.2 Å². The van der Waals surface area contributed by atoms with E-state index in [1.165, 1.54) is 29.6 Å². The van der Waals surface area contributed by atoms with Crippen molar-refractivity contribution in [1.82, 2.24) is 29.7 Å². The number of hydrogen-bond acceptors (Lipinski definition) is 7. The zero-order valence-electron chi connectivity index (χ0n) is 15.3. The van der Waals surface area contributed by atoms with Crippen LogP contribution in [0, 0.1) is 0 Å². The van der Waals surface area contributed by atoms with Gasteiger partial charge in [-0.3, -0.25) is 4.79 Å². The molecule has 4 rings (SSSR count). The molecule has 1 aliphatic rings. The molecule has 1 amide bonds. The molecule has 0 spiro atoms. The van der Waals surface area contributed by atoms with Gasteiger partial charge in [0.2, 0.25) is 5.95 Å². The van der Waals surface area contributed by atoms with E-state index in [1.807, 2.05) is 0 Å². The zero-order chi connectivity index (χ0) is 21.5. The number of alkyl halides is 3. The molecule has 9 nitrogen and oxygen atoms in total. The Morgan fingerprint density at radius 3 is 2.47 bits per heavy atom. The van der Waals surface area contributed by atoms with Crippen molar-refractivity contribution in [3.8, 4) is 11.4 Å². The van der Waals surface area contributed by atoms with E-state index in [0.717, 1.165) is 18.9 Å². The van der Waals surface area contributed by atoms with Crippen LogP contribution >= 0.6 is 0 Å². The molecule has 3 aromatic rings. The van der Waals surface area contributed by atoms with Gasteiger partial charge in [0.05, 0.1) is 5.57 Å². The van der Waals surface area contributed by atoms with Gasteiger partial charge in [-0.05, 0) is 25.0 Å². The molecule has 12 heteroatoms. The third-order valence-corrected chi connectivity index (χ3v) is 4.41. The first kappa shape index (κ1) is 19.5. The van der Waals surface area contributed by atoms with Crippen molar-refractivity contribution in [2.45, 2.75) is 24.9 Å². The van der Waals surface area contributed by atoms with Gasteiger partial charge in [0.1, 0.15) is 12.0 Å². The molecule has 0 aromatic carbocycles. The molecule has 0 bridgehead atoms. The molecule has 0 radical (unpaired) electrons. The molecular formula is C18H15F3N8O. The van der Waals surface area contributed by atoms with E-state index >= 15 is 0 Å². The molecule has 3 aromatic heterocycles. The average molecular weight is 416 g/mol. The van der Waals surface area contributed by atoms with Gasteiger partial charge in [0.25, 0.3) is 5.91 Å². The van der Waals surface area contributed by atoms with E-state index in [-0.39, 0.29) is 28.8 Å². The minimum absolute atomic E-state index is 0.0139. The molecule has 30 heavy (non-hydrogen) atoms. The number of nitrogen functional groups attached to an aromatic ring is 1. The summed E-state index contributed by atoms with van der Waals surface area (Å²) in [4.78, 5) is 27.2. The first-order valence-corrected chi connectivity index (χ1v) is 8.81. The highest BCUT2D eigenvalue weighted by atomic mass is 19.4. The Kier molecular flexibility index (Phi) is 4.68. The average Bonchev–Trinajstić information content (AvgIpc) is 3.44. The molecule has 0 saturated heterocycles. The number of nitrogens with zero attached hydrogens (tertiary/aromatic N) is 6. The maximum absolute atomic E-state index is 13.2. The van der Waals surface area contributed by atoms with Crippen LogP contribution in [-0.4, -0.2) is 35.6 Å². The second-order valence-corrected chi connectivity index (χ2v) is 6.72. The molecule has 0 atom stereocenters. The van der Waals surface area contributed by atoms with E-state index in [1.54, 1.807) is 6.07 Å². The van der Waals surface area contributed by atoms with Crippen LogP contribution in [0.3, 0.4) is 0 Å². The predicted molar refractivity (Wildman–Crippen MR) is 100 cm³/mol. The lowest BCUT2D eigenvalue weighted by Crippen LogP contribution is -2.14. The number of carbonyl (C=O) groups excluding carboxylic acids is 1. The number of anilines is 1. The summed E-state index contributed by atoms with van der Waals surface area (Å²) in [5.41, 5.74) is 10.7. The van der Waals surface area contributed by atoms with Crippen molar-refractivity contribution in [3.63, 3.8) is 0 Å². The normalized spacial score (nSPS) is 14.7. The second kappa shape index (κ2) is 7.21. The summed E-state index contributed by atoms with van der Waals surface area (Å²) in [6.07, 6.45) is 2.17. The molecule has 3 heterocycles. The number of amides is 1. The Morgan fingerprint density at radius 1 is 1.17 bits per heavy atom. The fourth-order valence-electron chi connectivity index (χ4n) is 2.77. The fourth-order valence-corrected chi connectivity index (χ4v) is 2.77. The second-order valence-electron chi connectivity index (χ2n) is 6.72. The molecule has 1 aliphatic carbocycles. The number of halogens is 3. The number of pyridine rings is 1. The Hall–Kier alpha value is -3.83. The van der Waals surface area contributed by atoms with E-state index < -0.39 is 17.8 Å².